The van der Waals surface area contributed by atoms with Crippen molar-refractivity contribution in [3.05, 3.63) is 122 Å². The van der Waals surface area contributed by atoms with Gasteiger partial charge in [0.15, 0.2) is 6.10 Å². The molecule has 0 bridgehead atoms. The first-order chi connectivity index (χ1) is 28.6. The van der Waals surface area contributed by atoms with E-state index in [9.17, 15) is 14.7 Å². The zero-order chi connectivity index (χ0) is 42.1. The van der Waals surface area contributed by atoms with Gasteiger partial charge >= 0.3 is 11.9 Å². The second-order valence-electron chi connectivity index (χ2n) is 14.7. The van der Waals surface area contributed by atoms with E-state index in [4.69, 9.17) is 9.47 Å². The third-order valence-corrected chi connectivity index (χ3v) is 9.26. The fourth-order valence-electron chi connectivity index (χ4n) is 5.86. The minimum Gasteiger partial charge on any atom is -0.462 e. The number of hydrogen-bond donors (Lipinski definition) is 1. The van der Waals surface area contributed by atoms with Crippen LogP contribution in [0.15, 0.2) is 122 Å². The third-order valence-electron chi connectivity index (χ3n) is 9.26. The fourth-order valence-corrected chi connectivity index (χ4v) is 5.86. The molecule has 0 saturated carbocycles. The number of allylic oxidation sites excluding steroid dienone is 20. The van der Waals surface area contributed by atoms with E-state index in [0.717, 1.165) is 83.5 Å². The maximum atomic E-state index is 12.2. The van der Waals surface area contributed by atoms with Crippen molar-refractivity contribution in [3.8, 4) is 0 Å². The van der Waals surface area contributed by atoms with Crippen molar-refractivity contribution >= 4 is 11.9 Å². The van der Waals surface area contributed by atoms with Gasteiger partial charge in [-0.05, 0) is 89.9 Å². The number of aliphatic hydroxyl groups excluding tert-OH is 1. The van der Waals surface area contributed by atoms with Gasteiger partial charge in [0.1, 0.15) is 6.61 Å². The summed E-state index contributed by atoms with van der Waals surface area (Å²) in [6.45, 7) is 3.82. The van der Waals surface area contributed by atoms with Crippen LogP contribution in [0.4, 0.5) is 0 Å². The van der Waals surface area contributed by atoms with Gasteiger partial charge in [0, 0.05) is 12.8 Å². The lowest BCUT2D eigenvalue weighted by Gasteiger charge is -2.15. The van der Waals surface area contributed by atoms with Crippen LogP contribution in [-0.4, -0.2) is 36.4 Å². The van der Waals surface area contributed by atoms with Crippen LogP contribution in [0.3, 0.4) is 0 Å². The van der Waals surface area contributed by atoms with E-state index in [1.165, 1.54) is 64.2 Å². The molecule has 0 aromatic rings. The van der Waals surface area contributed by atoms with E-state index in [0.29, 0.717) is 12.8 Å². The lowest BCUT2D eigenvalue weighted by Crippen LogP contribution is -2.28. The largest absolute Gasteiger partial charge is 0.462 e. The Hall–Kier alpha value is -3.70. The normalized spacial score (nSPS) is 13.4. The quantitative estimate of drug-likeness (QED) is 0.0380. The van der Waals surface area contributed by atoms with Crippen molar-refractivity contribution in [1.82, 2.24) is 0 Å². The molecule has 1 N–H and O–H groups in total. The van der Waals surface area contributed by atoms with Crippen molar-refractivity contribution in [3.63, 3.8) is 0 Å². The number of rotatable bonds is 40. The summed E-state index contributed by atoms with van der Waals surface area (Å²) in [6, 6.07) is 0. The zero-order valence-corrected chi connectivity index (χ0v) is 37.0. The minimum absolute atomic E-state index is 0.112. The molecule has 1 unspecified atom stereocenters. The predicted octanol–water partition coefficient (Wildman–Crippen LogP) is 15.2. The molecule has 0 spiro atoms. The van der Waals surface area contributed by atoms with E-state index in [1.807, 2.05) is 12.2 Å². The lowest BCUT2D eigenvalue weighted by atomic mass is 10.0. The molecule has 326 valence electrons. The van der Waals surface area contributed by atoms with Crippen molar-refractivity contribution in [2.75, 3.05) is 13.2 Å². The summed E-state index contributed by atoms with van der Waals surface area (Å²) < 4.78 is 10.6. The molecule has 0 aliphatic heterocycles. The molecular formula is C53H84O5. The van der Waals surface area contributed by atoms with E-state index < -0.39 is 6.10 Å². The molecule has 0 aliphatic rings. The van der Waals surface area contributed by atoms with Gasteiger partial charge < -0.3 is 14.6 Å². The molecule has 0 amide bonds. The summed E-state index contributed by atoms with van der Waals surface area (Å²) >= 11 is 0. The first kappa shape index (κ1) is 54.3. The van der Waals surface area contributed by atoms with E-state index in [-0.39, 0.29) is 31.6 Å². The van der Waals surface area contributed by atoms with Crippen molar-refractivity contribution in [2.24, 2.45) is 0 Å². The maximum absolute atomic E-state index is 12.2. The van der Waals surface area contributed by atoms with Gasteiger partial charge in [0.2, 0.25) is 0 Å². The molecule has 0 aliphatic carbocycles. The van der Waals surface area contributed by atoms with Crippen LogP contribution >= 0.6 is 0 Å². The van der Waals surface area contributed by atoms with Crippen LogP contribution in [0.25, 0.3) is 0 Å². The molecule has 5 nitrogen and oxygen atoms in total. The van der Waals surface area contributed by atoms with Crippen LogP contribution in [0.2, 0.25) is 0 Å². The van der Waals surface area contributed by atoms with Gasteiger partial charge in [-0.15, -0.1) is 0 Å². The van der Waals surface area contributed by atoms with E-state index in [1.54, 1.807) is 0 Å². The highest BCUT2D eigenvalue weighted by atomic mass is 16.6. The Morgan fingerprint density at radius 2 is 0.724 bits per heavy atom. The van der Waals surface area contributed by atoms with Gasteiger partial charge in [0.05, 0.1) is 6.61 Å². The Morgan fingerprint density at radius 3 is 1.10 bits per heavy atom. The zero-order valence-electron chi connectivity index (χ0n) is 37.0. The maximum Gasteiger partial charge on any atom is 0.306 e. The van der Waals surface area contributed by atoms with Crippen LogP contribution in [-0.2, 0) is 19.1 Å². The fraction of sp³-hybridized carbons (Fsp3) is 0.585. The standard InChI is InChI=1S/C53H84O5/c1-3-5-7-9-11-13-15-17-18-19-20-21-22-23-24-25-26-27-28-29-30-31-32-33-34-36-38-40-42-44-46-48-53(56)58-51(49-54)50-57-52(55)47-45-43-41-39-37-35-16-14-12-10-8-6-4-2/h5-8,11-14,17-18,20-21,23-24,26-27,35,37,41,43,51,54H,3-4,9-10,15-16,19,22,25,28-34,36,38-40,42,44-50H2,1-2H3/b7-5-,8-6-,13-11-,14-12-,18-17-,21-20-,24-23-,27-26-,37-35-,43-41-. The number of esters is 2. The SMILES string of the molecule is CC/C=C\C/C=C\C/C=C\C/C=C\C/C=C\C/C=C\CCCCCCCCCCCCCCC(=O)OC(CO)COC(=O)CC/C=C\C/C=C\C/C=C\C/C=C\CC. The van der Waals surface area contributed by atoms with Gasteiger partial charge in [-0.25, -0.2) is 0 Å². The number of carbonyl (C=O) groups excluding carboxylic acids is 2. The Balaban J connectivity index is 3.60. The number of carbonyl (C=O) groups is 2. The first-order valence-electron chi connectivity index (χ1n) is 23.1. The average Bonchev–Trinajstić information content (AvgIpc) is 3.23. The van der Waals surface area contributed by atoms with Gasteiger partial charge in [0.25, 0.3) is 0 Å². The van der Waals surface area contributed by atoms with E-state index >= 15 is 0 Å². The molecule has 0 rings (SSSR count). The molecule has 0 radical (unpaired) electrons. The summed E-state index contributed by atoms with van der Waals surface area (Å²) in [6.07, 6.45) is 70.1. The monoisotopic (exact) mass is 801 g/mol. The van der Waals surface area contributed by atoms with Crippen LogP contribution in [0.1, 0.15) is 181 Å². The Labute approximate surface area is 356 Å². The average molecular weight is 801 g/mol. The highest BCUT2D eigenvalue weighted by Crippen LogP contribution is 2.14. The topological polar surface area (TPSA) is 72.8 Å². The Morgan fingerprint density at radius 1 is 0.397 bits per heavy atom. The van der Waals surface area contributed by atoms with Crippen molar-refractivity contribution in [1.29, 1.82) is 0 Å². The summed E-state index contributed by atoms with van der Waals surface area (Å²) in [4.78, 5) is 24.3. The number of hydrogen-bond acceptors (Lipinski definition) is 5. The number of ether oxygens (including phenoxy) is 2. The van der Waals surface area contributed by atoms with Gasteiger partial charge in [-0.2, -0.15) is 0 Å². The Kier molecular flexibility index (Phi) is 44.6. The molecule has 0 aromatic carbocycles. The molecule has 1 atom stereocenters. The molecule has 0 saturated heterocycles. The first-order valence-corrected chi connectivity index (χ1v) is 23.1. The minimum atomic E-state index is -0.809. The summed E-state index contributed by atoms with van der Waals surface area (Å²) in [5.74, 6) is -0.697. The van der Waals surface area contributed by atoms with E-state index in [2.05, 4.69) is 123 Å². The van der Waals surface area contributed by atoms with Crippen LogP contribution < -0.4 is 0 Å². The third kappa shape index (κ3) is 45.0. The Bertz CT molecular complexity index is 1220. The van der Waals surface area contributed by atoms with Gasteiger partial charge in [-0.1, -0.05) is 200 Å². The van der Waals surface area contributed by atoms with Gasteiger partial charge in [-0.3, -0.25) is 9.59 Å². The van der Waals surface area contributed by atoms with Crippen LogP contribution in [0, 0.1) is 0 Å². The number of unbranched alkanes of at least 4 members (excludes halogenated alkanes) is 12. The lowest BCUT2D eigenvalue weighted by molar-refractivity contribution is -0.161. The molecular weight excluding hydrogens is 717 g/mol. The molecule has 0 aromatic heterocycles. The van der Waals surface area contributed by atoms with Crippen molar-refractivity contribution < 1.29 is 24.2 Å². The second kappa shape index (κ2) is 47.7. The molecule has 58 heavy (non-hydrogen) atoms. The summed E-state index contributed by atoms with van der Waals surface area (Å²) in [5.41, 5.74) is 0. The predicted molar refractivity (Wildman–Crippen MR) is 251 cm³/mol. The summed E-state index contributed by atoms with van der Waals surface area (Å²) in [5, 5.41) is 9.57. The summed E-state index contributed by atoms with van der Waals surface area (Å²) in [7, 11) is 0. The molecule has 0 heterocycles. The highest BCUT2D eigenvalue weighted by molar-refractivity contribution is 5.70. The highest BCUT2D eigenvalue weighted by Gasteiger charge is 2.15. The van der Waals surface area contributed by atoms with Crippen LogP contribution in [0.5, 0.6) is 0 Å². The molecule has 0 fully saturated rings. The smallest absolute Gasteiger partial charge is 0.306 e. The molecule has 5 heteroatoms. The number of aliphatic hydroxyl groups is 1. The second-order valence-corrected chi connectivity index (χ2v) is 14.7. The van der Waals surface area contributed by atoms with Crippen molar-refractivity contribution in [2.45, 2.75) is 187 Å².